The smallest absolute Gasteiger partial charge is 0.279 e. The van der Waals surface area contributed by atoms with Crippen LogP contribution in [0.4, 0.5) is 5.69 Å². The molecule has 26 heavy (non-hydrogen) atoms. The molecule has 0 spiro atoms. The molecule has 9 heteroatoms. The lowest BCUT2D eigenvalue weighted by Crippen LogP contribution is -2.33. The van der Waals surface area contributed by atoms with Gasteiger partial charge in [-0.1, -0.05) is 57.6 Å². The van der Waals surface area contributed by atoms with Gasteiger partial charge in [-0.2, -0.15) is 0 Å². The molecule has 2 aliphatic heterocycles. The number of imide groups is 1. The SMILES string of the molecule is O=C1C2ON=C(c3ccc(Cl)cc3Cl)C2C(=O)N1c1ccc(Cl)cc1Cl. The van der Waals surface area contributed by atoms with Crippen molar-refractivity contribution in [3.63, 3.8) is 0 Å². The van der Waals surface area contributed by atoms with Crippen LogP contribution in [0.25, 0.3) is 0 Å². The summed E-state index contributed by atoms with van der Waals surface area (Å²) >= 11 is 24.2. The highest BCUT2D eigenvalue weighted by molar-refractivity contribution is 6.41. The van der Waals surface area contributed by atoms with Gasteiger partial charge in [-0.05, 0) is 30.3 Å². The van der Waals surface area contributed by atoms with Crippen molar-refractivity contribution in [1.82, 2.24) is 0 Å². The minimum absolute atomic E-state index is 0.183. The summed E-state index contributed by atoms with van der Waals surface area (Å²) in [7, 11) is 0. The van der Waals surface area contributed by atoms with Crippen LogP contribution in [0.2, 0.25) is 20.1 Å². The van der Waals surface area contributed by atoms with Crippen molar-refractivity contribution in [2.75, 3.05) is 4.90 Å². The van der Waals surface area contributed by atoms with E-state index in [9.17, 15) is 9.59 Å². The van der Waals surface area contributed by atoms with E-state index in [2.05, 4.69) is 5.16 Å². The van der Waals surface area contributed by atoms with Crippen LogP contribution >= 0.6 is 46.4 Å². The summed E-state index contributed by atoms with van der Waals surface area (Å²) in [5.41, 5.74) is 1.00. The molecule has 1 fully saturated rings. The van der Waals surface area contributed by atoms with Gasteiger partial charge in [0.2, 0.25) is 12.0 Å². The van der Waals surface area contributed by atoms with Gasteiger partial charge in [-0.3, -0.25) is 9.59 Å². The first-order valence-electron chi connectivity index (χ1n) is 7.40. The summed E-state index contributed by atoms with van der Waals surface area (Å²) in [5, 5.41) is 5.24. The third-order valence-corrected chi connectivity index (χ3v) is 5.26. The molecular weight excluding hydrogens is 422 g/mol. The molecule has 2 atom stereocenters. The molecule has 132 valence electrons. The van der Waals surface area contributed by atoms with E-state index < -0.39 is 23.8 Å². The molecule has 0 bridgehead atoms. The Bertz CT molecular complexity index is 992. The second-order valence-corrected chi connectivity index (χ2v) is 7.40. The molecule has 2 amide bonds. The number of rotatable bonds is 2. The van der Waals surface area contributed by atoms with E-state index in [1.807, 2.05) is 0 Å². The number of halogens is 4. The van der Waals surface area contributed by atoms with Crippen LogP contribution in [0.1, 0.15) is 5.56 Å². The first-order chi connectivity index (χ1) is 12.4. The van der Waals surface area contributed by atoms with Crippen molar-refractivity contribution in [1.29, 1.82) is 0 Å². The largest absolute Gasteiger partial charge is 0.381 e. The van der Waals surface area contributed by atoms with E-state index in [1.165, 1.54) is 18.2 Å². The molecule has 0 N–H and O–H groups in total. The second-order valence-electron chi connectivity index (χ2n) is 5.71. The molecule has 0 radical (unpaired) electrons. The average Bonchev–Trinajstić information content (AvgIpc) is 3.10. The number of carbonyl (C=O) groups excluding carboxylic acids is 2. The fraction of sp³-hybridized carbons (Fsp3) is 0.118. The molecular formula is C17H8Cl4N2O3. The van der Waals surface area contributed by atoms with Gasteiger partial charge in [0, 0.05) is 15.6 Å². The maximum Gasteiger partial charge on any atom is 0.279 e. The predicted octanol–water partition coefficient (Wildman–Crippen LogP) is 4.59. The van der Waals surface area contributed by atoms with E-state index in [4.69, 9.17) is 51.2 Å². The fourth-order valence-electron chi connectivity index (χ4n) is 3.00. The summed E-state index contributed by atoms with van der Waals surface area (Å²) in [6.07, 6.45) is -1.06. The third kappa shape index (κ3) is 2.67. The zero-order chi connectivity index (χ0) is 18.6. The Morgan fingerprint density at radius 3 is 2.19 bits per heavy atom. The number of benzene rings is 2. The van der Waals surface area contributed by atoms with E-state index >= 15 is 0 Å². The Morgan fingerprint density at radius 2 is 1.54 bits per heavy atom. The van der Waals surface area contributed by atoms with Crippen LogP contribution in [-0.4, -0.2) is 23.6 Å². The van der Waals surface area contributed by atoms with Crippen LogP contribution < -0.4 is 4.90 Å². The number of amides is 2. The molecule has 0 saturated carbocycles. The molecule has 2 aromatic rings. The lowest BCUT2D eigenvalue weighted by molar-refractivity contribution is -0.126. The average molecular weight is 430 g/mol. The van der Waals surface area contributed by atoms with Crippen molar-refractivity contribution >= 4 is 69.6 Å². The molecule has 2 heterocycles. The number of carbonyl (C=O) groups is 2. The summed E-state index contributed by atoms with van der Waals surface area (Å²) in [4.78, 5) is 31.9. The number of fused-ring (bicyclic) bond motifs is 1. The second kappa shape index (κ2) is 6.43. The van der Waals surface area contributed by atoms with Gasteiger partial charge >= 0.3 is 0 Å². The summed E-state index contributed by atoms with van der Waals surface area (Å²) in [5.74, 6) is -1.95. The van der Waals surface area contributed by atoms with Crippen molar-refractivity contribution < 1.29 is 14.4 Å². The molecule has 0 aromatic heterocycles. The van der Waals surface area contributed by atoms with E-state index in [-0.39, 0.29) is 16.4 Å². The van der Waals surface area contributed by atoms with Gasteiger partial charge in [0.15, 0.2) is 0 Å². The quantitative estimate of drug-likeness (QED) is 0.655. The Hall–Kier alpha value is -1.79. The fourth-order valence-corrected chi connectivity index (χ4v) is 4.00. The number of anilines is 1. The Balaban J connectivity index is 1.74. The molecule has 2 aromatic carbocycles. The molecule has 0 aliphatic carbocycles. The minimum atomic E-state index is -1.06. The minimum Gasteiger partial charge on any atom is -0.381 e. The zero-order valence-corrected chi connectivity index (χ0v) is 15.8. The predicted molar refractivity (Wildman–Crippen MR) is 100 cm³/mol. The van der Waals surface area contributed by atoms with Crippen LogP contribution in [0.3, 0.4) is 0 Å². The molecule has 2 unspecified atom stereocenters. The number of oxime groups is 1. The van der Waals surface area contributed by atoms with Crippen molar-refractivity contribution in [2.24, 2.45) is 11.1 Å². The van der Waals surface area contributed by atoms with Gasteiger partial charge in [0.05, 0.1) is 15.7 Å². The number of hydrogen-bond acceptors (Lipinski definition) is 4. The van der Waals surface area contributed by atoms with E-state index in [1.54, 1.807) is 18.2 Å². The van der Waals surface area contributed by atoms with Gasteiger partial charge in [0.25, 0.3) is 5.91 Å². The molecule has 2 aliphatic rings. The highest BCUT2D eigenvalue weighted by atomic mass is 35.5. The first kappa shape index (κ1) is 17.6. The molecule has 5 nitrogen and oxygen atoms in total. The molecule has 4 rings (SSSR count). The highest BCUT2D eigenvalue weighted by Gasteiger charge is 2.56. The maximum absolute atomic E-state index is 13.0. The normalized spacial score (nSPS) is 21.7. The Kier molecular flexibility index (Phi) is 4.35. The summed E-state index contributed by atoms with van der Waals surface area (Å²) in [6, 6.07) is 9.29. The summed E-state index contributed by atoms with van der Waals surface area (Å²) < 4.78 is 0. The van der Waals surface area contributed by atoms with E-state index in [0.717, 1.165) is 4.90 Å². The van der Waals surface area contributed by atoms with Crippen LogP contribution in [0, 0.1) is 5.92 Å². The summed E-state index contributed by atoms with van der Waals surface area (Å²) in [6.45, 7) is 0. The van der Waals surface area contributed by atoms with Gasteiger partial charge in [0.1, 0.15) is 11.6 Å². The van der Waals surface area contributed by atoms with E-state index in [0.29, 0.717) is 20.6 Å². The Labute approximate surface area is 168 Å². The zero-order valence-electron chi connectivity index (χ0n) is 12.7. The van der Waals surface area contributed by atoms with Crippen molar-refractivity contribution in [3.05, 3.63) is 62.1 Å². The highest BCUT2D eigenvalue weighted by Crippen LogP contribution is 2.39. The third-order valence-electron chi connectivity index (χ3n) is 4.17. The van der Waals surface area contributed by atoms with Gasteiger partial charge < -0.3 is 4.84 Å². The number of hydrogen-bond donors (Lipinski definition) is 0. The first-order valence-corrected chi connectivity index (χ1v) is 8.91. The van der Waals surface area contributed by atoms with Gasteiger partial charge in [-0.15, -0.1) is 0 Å². The standard InChI is InChI=1S/C17H8Cl4N2O3/c18-7-1-3-9(10(20)5-7)14-13-15(26-22-14)17(25)23(16(13)24)12-4-2-8(19)6-11(12)21/h1-6,13,15H. The maximum atomic E-state index is 13.0. The monoisotopic (exact) mass is 428 g/mol. The van der Waals surface area contributed by atoms with Crippen LogP contribution in [0.15, 0.2) is 41.6 Å². The van der Waals surface area contributed by atoms with Crippen molar-refractivity contribution in [2.45, 2.75) is 6.10 Å². The van der Waals surface area contributed by atoms with Crippen molar-refractivity contribution in [3.8, 4) is 0 Å². The number of nitrogens with zero attached hydrogens (tertiary/aromatic N) is 2. The van der Waals surface area contributed by atoms with Gasteiger partial charge in [-0.25, -0.2) is 4.90 Å². The van der Waals surface area contributed by atoms with Crippen LogP contribution in [0.5, 0.6) is 0 Å². The Morgan fingerprint density at radius 1 is 0.885 bits per heavy atom. The molecule has 1 saturated heterocycles. The van der Waals surface area contributed by atoms with Crippen LogP contribution in [-0.2, 0) is 14.4 Å². The lowest BCUT2D eigenvalue weighted by Gasteiger charge is -2.17. The lowest BCUT2D eigenvalue weighted by atomic mass is 9.94. The topological polar surface area (TPSA) is 59.0 Å².